The van der Waals surface area contributed by atoms with Crippen molar-refractivity contribution in [3.63, 3.8) is 0 Å². The SMILES string of the molecule is CN1CCN(c2cccc(C(CC(=O)O)C3CC3)c2)C(=O)C1=O. The number of carbonyl (C=O) groups is 3. The van der Waals surface area contributed by atoms with Crippen molar-refractivity contribution >= 4 is 23.5 Å². The molecule has 1 N–H and O–H groups in total. The number of rotatable bonds is 5. The van der Waals surface area contributed by atoms with E-state index in [1.54, 1.807) is 13.1 Å². The van der Waals surface area contributed by atoms with Gasteiger partial charge in [0.1, 0.15) is 0 Å². The molecule has 1 aliphatic heterocycles. The number of nitrogens with zero attached hydrogens (tertiary/aromatic N) is 2. The molecule has 0 radical (unpaired) electrons. The van der Waals surface area contributed by atoms with Gasteiger partial charge in [0.2, 0.25) is 0 Å². The molecule has 23 heavy (non-hydrogen) atoms. The predicted molar refractivity (Wildman–Crippen MR) is 84.1 cm³/mol. The average Bonchev–Trinajstić information content (AvgIpc) is 3.35. The van der Waals surface area contributed by atoms with E-state index in [0.29, 0.717) is 24.7 Å². The average molecular weight is 316 g/mol. The highest BCUT2D eigenvalue weighted by molar-refractivity contribution is 6.40. The van der Waals surface area contributed by atoms with Crippen molar-refractivity contribution in [2.45, 2.75) is 25.2 Å². The maximum absolute atomic E-state index is 12.2. The van der Waals surface area contributed by atoms with Crippen molar-refractivity contribution in [3.8, 4) is 0 Å². The Bertz CT molecular complexity index is 654. The molecular weight excluding hydrogens is 296 g/mol. The zero-order valence-corrected chi connectivity index (χ0v) is 13.1. The van der Waals surface area contributed by atoms with Gasteiger partial charge in [0.05, 0.1) is 6.42 Å². The smallest absolute Gasteiger partial charge is 0.316 e. The predicted octanol–water partition coefficient (Wildman–Crippen LogP) is 1.46. The Kier molecular flexibility index (Phi) is 4.07. The van der Waals surface area contributed by atoms with Crippen LogP contribution in [-0.2, 0) is 14.4 Å². The number of carbonyl (C=O) groups excluding carboxylic acids is 2. The second kappa shape index (κ2) is 6.02. The van der Waals surface area contributed by atoms with Crippen LogP contribution in [-0.4, -0.2) is 47.9 Å². The Balaban J connectivity index is 1.86. The summed E-state index contributed by atoms with van der Waals surface area (Å²) in [4.78, 5) is 38.0. The lowest BCUT2D eigenvalue weighted by molar-refractivity contribution is -0.145. The highest BCUT2D eigenvalue weighted by Crippen LogP contribution is 2.45. The summed E-state index contributed by atoms with van der Waals surface area (Å²) in [6.45, 7) is 0.952. The highest BCUT2D eigenvalue weighted by Gasteiger charge is 2.35. The van der Waals surface area contributed by atoms with Crippen molar-refractivity contribution in [1.29, 1.82) is 0 Å². The third-order valence-electron chi connectivity index (χ3n) is 4.63. The molecule has 122 valence electrons. The van der Waals surface area contributed by atoms with Crippen LogP contribution in [0.1, 0.15) is 30.7 Å². The Morgan fingerprint density at radius 2 is 2.00 bits per heavy atom. The summed E-state index contributed by atoms with van der Waals surface area (Å²) in [6.07, 6.45) is 2.20. The van der Waals surface area contributed by atoms with E-state index in [9.17, 15) is 14.4 Å². The Labute approximate surface area is 134 Å². The zero-order chi connectivity index (χ0) is 16.6. The zero-order valence-electron chi connectivity index (χ0n) is 13.1. The largest absolute Gasteiger partial charge is 0.481 e. The molecule has 1 heterocycles. The molecule has 1 aromatic carbocycles. The van der Waals surface area contributed by atoms with Crippen LogP contribution in [0.5, 0.6) is 0 Å². The van der Waals surface area contributed by atoms with Crippen LogP contribution < -0.4 is 4.90 Å². The van der Waals surface area contributed by atoms with E-state index in [4.69, 9.17) is 5.11 Å². The Morgan fingerprint density at radius 3 is 2.65 bits per heavy atom. The Hall–Kier alpha value is -2.37. The van der Waals surface area contributed by atoms with Crippen molar-refractivity contribution in [2.75, 3.05) is 25.0 Å². The van der Waals surface area contributed by atoms with Crippen molar-refractivity contribution in [3.05, 3.63) is 29.8 Å². The minimum Gasteiger partial charge on any atom is -0.481 e. The molecule has 1 saturated carbocycles. The summed E-state index contributed by atoms with van der Waals surface area (Å²) < 4.78 is 0. The lowest BCUT2D eigenvalue weighted by Gasteiger charge is -2.32. The standard InChI is InChI=1S/C17H20N2O4/c1-18-7-8-19(17(23)16(18)22)13-4-2-3-12(9-13)14(10-15(20)21)11-5-6-11/h2-4,9,11,14H,5-8,10H2,1H3,(H,20,21). The van der Waals surface area contributed by atoms with Crippen molar-refractivity contribution in [2.24, 2.45) is 5.92 Å². The molecule has 1 aromatic rings. The van der Waals surface area contributed by atoms with Crippen LogP contribution in [0.25, 0.3) is 0 Å². The molecule has 6 nitrogen and oxygen atoms in total. The first-order valence-electron chi connectivity index (χ1n) is 7.86. The van der Waals surface area contributed by atoms with Crippen LogP contribution in [0, 0.1) is 5.92 Å². The van der Waals surface area contributed by atoms with E-state index >= 15 is 0 Å². The summed E-state index contributed by atoms with van der Waals surface area (Å²) in [7, 11) is 1.62. The lowest BCUT2D eigenvalue weighted by Crippen LogP contribution is -2.53. The van der Waals surface area contributed by atoms with Gasteiger partial charge in [0.25, 0.3) is 0 Å². The number of benzene rings is 1. The fourth-order valence-electron chi connectivity index (χ4n) is 3.14. The minimum atomic E-state index is -0.807. The second-order valence-corrected chi connectivity index (χ2v) is 6.32. The number of carboxylic acids is 1. The topological polar surface area (TPSA) is 77.9 Å². The van der Waals surface area contributed by atoms with E-state index in [1.165, 1.54) is 9.80 Å². The van der Waals surface area contributed by atoms with Gasteiger partial charge in [-0.25, -0.2) is 0 Å². The summed E-state index contributed by atoms with van der Waals surface area (Å²) in [6, 6.07) is 7.41. The summed E-state index contributed by atoms with van der Waals surface area (Å²) in [5.74, 6) is -1.46. The molecule has 2 aliphatic rings. The maximum atomic E-state index is 12.2. The van der Waals surface area contributed by atoms with Gasteiger partial charge in [-0.3, -0.25) is 14.4 Å². The molecule has 1 saturated heterocycles. The molecule has 1 unspecified atom stereocenters. The third kappa shape index (κ3) is 3.21. The fraction of sp³-hybridized carbons (Fsp3) is 0.471. The number of aliphatic carboxylic acids is 1. The first kappa shape index (κ1) is 15.5. The number of anilines is 1. The van der Waals surface area contributed by atoms with Gasteiger partial charge in [-0.15, -0.1) is 0 Å². The normalized spacial score (nSPS) is 19.9. The van der Waals surface area contributed by atoms with Gasteiger partial charge in [-0.05, 0) is 42.4 Å². The molecule has 2 amide bonds. The number of piperazine rings is 1. The monoisotopic (exact) mass is 316 g/mol. The van der Waals surface area contributed by atoms with Gasteiger partial charge >= 0.3 is 17.8 Å². The van der Waals surface area contributed by atoms with Gasteiger partial charge in [0.15, 0.2) is 0 Å². The van der Waals surface area contributed by atoms with E-state index in [0.717, 1.165) is 18.4 Å². The van der Waals surface area contributed by atoms with E-state index < -0.39 is 17.8 Å². The first-order valence-corrected chi connectivity index (χ1v) is 7.86. The van der Waals surface area contributed by atoms with Crippen LogP contribution in [0.15, 0.2) is 24.3 Å². The highest BCUT2D eigenvalue weighted by atomic mass is 16.4. The fourth-order valence-corrected chi connectivity index (χ4v) is 3.14. The third-order valence-corrected chi connectivity index (χ3v) is 4.63. The maximum Gasteiger partial charge on any atom is 0.316 e. The second-order valence-electron chi connectivity index (χ2n) is 6.32. The van der Waals surface area contributed by atoms with Crippen molar-refractivity contribution in [1.82, 2.24) is 4.90 Å². The molecule has 3 rings (SSSR count). The Morgan fingerprint density at radius 1 is 1.26 bits per heavy atom. The van der Waals surface area contributed by atoms with E-state index in [-0.39, 0.29) is 12.3 Å². The minimum absolute atomic E-state index is 0.0225. The van der Waals surface area contributed by atoms with Crippen LogP contribution in [0.3, 0.4) is 0 Å². The first-order chi connectivity index (χ1) is 11.0. The summed E-state index contributed by atoms with van der Waals surface area (Å²) >= 11 is 0. The number of hydrogen-bond donors (Lipinski definition) is 1. The van der Waals surface area contributed by atoms with Gasteiger partial charge in [-0.1, -0.05) is 12.1 Å². The molecule has 0 aromatic heterocycles. The molecule has 2 fully saturated rings. The number of amides is 2. The molecule has 1 aliphatic carbocycles. The quantitative estimate of drug-likeness (QED) is 0.834. The van der Waals surface area contributed by atoms with Gasteiger partial charge < -0.3 is 14.9 Å². The summed E-state index contributed by atoms with van der Waals surface area (Å²) in [5, 5.41) is 9.13. The van der Waals surface area contributed by atoms with Crippen molar-refractivity contribution < 1.29 is 19.5 Å². The van der Waals surface area contributed by atoms with Crippen LogP contribution in [0.2, 0.25) is 0 Å². The summed E-state index contributed by atoms with van der Waals surface area (Å²) in [5.41, 5.74) is 1.61. The van der Waals surface area contributed by atoms with Crippen LogP contribution in [0.4, 0.5) is 5.69 Å². The van der Waals surface area contributed by atoms with Gasteiger partial charge in [0, 0.05) is 25.8 Å². The number of likely N-dealkylation sites (N-methyl/N-ethyl adjacent to an activating group) is 1. The number of carboxylic acid groups (broad SMARTS) is 1. The van der Waals surface area contributed by atoms with Crippen LogP contribution >= 0.6 is 0 Å². The molecular formula is C17H20N2O4. The van der Waals surface area contributed by atoms with Gasteiger partial charge in [-0.2, -0.15) is 0 Å². The number of hydrogen-bond acceptors (Lipinski definition) is 3. The molecule has 1 atom stereocenters. The molecule has 6 heteroatoms. The molecule has 0 bridgehead atoms. The molecule has 0 spiro atoms. The lowest BCUT2D eigenvalue weighted by atomic mass is 9.90. The van der Waals surface area contributed by atoms with E-state index in [2.05, 4.69) is 0 Å². The van der Waals surface area contributed by atoms with E-state index in [1.807, 2.05) is 18.2 Å².